The van der Waals surface area contributed by atoms with E-state index in [0.29, 0.717) is 17.4 Å². The van der Waals surface area contributed by atoms with Crippen LogP contribution in [0.2, 0.25) is 0 Å². The van der Waals surface area contributed by atoms with Gasteiger partial charge in [-0.2, -0.15) is 0 Å². The summed E-state index contributed by atoms with van der Waals surface area (Å²) in [5.74, 6) is -0.835. The Balaban J connectivity index is 4.15. The van der Waals surface area contributed by atoms with Crippen LogP contribution in [-0.4, -0.2) is 70.0 Å². The van der Waals surface area contributed by atoms with Gasteiger partial charge in [0.1, 0.15) is 19.8 Å². The summed E-state index contributed by atoms with van der Waals surface area (Å²) in [6, 6.07) is 0. The predicted octanol–water partition coefficient (Wildman–Crippen LogP) is 13.1. The topological polar surface area (TPSA) is 111 Å². The number of likely N-dealkylation sites (N-methyl/N-ethyl adjacent to an activating group) is 1. The van der Waals surface area contributed by atoms with Crippen LogP contribution in [0.4, 0.5) is 0 Å². The molecule has 0 aliphatic rings. The number of phosphoric acid groups is 1. The minimum atomic E-state index is -4.62. The Kier molecular flexibility index (Phi) is 39.3. The zero-order valence-electron chi connectivity index (χ0n) is 38.1. The highest BCUT2D eigenvalue weighted by Gasteiger charge is 2.21. The van der Waals surface area contributed by atoms with Crippen LogP contribution in [0.5, 0.6) is 0 Å². The van der Waals surface area contributed by atoms with Crippen LogP contribution in [0.15, 0.2) is 12.2 Å². The first-order valence-corrected chi connectivity index (χ1v) is 25.4. The van der Waals surface area contributed by atoms with Crippen molar-refractivity contribution in [2.45, 2.75) is 232 Å². The second-order valence-electron chi connectivity index (χ2n) is 17.5. The Morgan fingerprint density at radius 1 is 0.526 bits per heavy atom. The molecule has 9 nitrogen and oxygen atoms in total. The SMILES string of the molecule is CCCC/C=C/CCCCCCCC(=O)O[C@H](COC(=O)CCCCCCCCCCCCCCCCCCCCCCCC)COP(=O)([O-])OCC[N+](C)(C)C. The lowest BCUT2D eigenvalue weighted by atomic mass is 10.0. The minimum Gasteiger partial charge on any atom is -0.756 e. The predicted molar refractivity (Wildman–Crippen MR) is 236 cm³/mol. The summed E-state index contributed by atoms with van der Waals surface area (Å²) >= 11 is 0. The Bertz CT molecular complexity index is 985. The van der Waals surface area contributed by atoms with Gasteiger partial charge in [-0.15, -0.1) is 0 Å². The molecule has 0 spiro atoms. The van der Waals surface area contributed by atoms with Gasteiger partial charge in [-0.25, -0.2) is 0 Å². The molecule has 2 atom stereocenters. The molecule has 0 bridgehead atoms. The van der Waals surface area contributed by atoms with E-state index in [1.54, 1.807) is 0 Å². The maximum absolute atomic E-state index is 12.6. The lowest BCUT2D eigenvalue weighted by molar-refractivity contribution is -0.870. The summed E-state index contributed by atoms with van der Waals surface area (Å²) in [6.07, 6.45) is 42.5. The molecule has 0 saturated heterocycles. The van der Waals surface area contributed by atoms with Gasteiger partial charge in [-0.1, -0.05) is 193 Å². The Hall–Kier alpha value is -1.25. The van der Waals surface area contributed by atoms with Crippen molar-refractivity contribution >= 4 is 19.8 Å². The lowest BCUT2D eigenvalue weighted by Gasteiger charge is -2.28. The average Bonchev–Trinajstić information content (AvgIpc) is 3.16. The van der Waals surface area contributed by atoms with Crippen molar-refractivity contribution in [3.63, 3.8) is 0 Å². The first kappa shape index (κ1) is 55.8. The number of quaternary nitrogens is 1. The summed E-state index contributed by atoms with van der Waals surface area (Å²) in [5, 5.41) is 0. The molecule has 0 aromatic heterocycles. The van der Waals surface area contributed by atoms with Crippen LogP contribution < -0.4 is 4.89 Å². The molecule has 0 saturated carbocycles. The van der Waals surface area contributed by atoms with E-state index in [0.717, 1.165) is 57.8 Å². The highest BCUT2D eigenvalue weighted by molar-refractivity contribution is 7.45. The second-order valence-corrected chi connectivity index (χ2v) is 18.9. The molecule has 0 heterocycles. The number of phosphoric ester groups is 1. The number of rotatable bonds is 44. The van der Waals surface area contributed by atoms with Crippen LogP contribution in [0.25, 0.3) is 0 Å². The summed E-state index contributed by atoms with van der Waals surface area (Å²) in [5.41, 5.74) is 0. The maximum Gasteiger partial charge on any atom is 0.306 e. The molecule has 0 aliphatic carbocycles. The number of carbonyl (C=O) groups excluding carboxylic acids is 2. The average molecular weight is 830 g/mol. The summed E-state index contributed by atoms with van der Waals surface area (Å²) < 4.78 is 33.9. The quantitative estimate of drug-likeness (QED) is 0.0196. The zero-order valence-corrected chi connectivity index (χ0v) is 38.9. The van der Waals surface area contributed by atoms with Crippen molar-refractivity contribution in [1.29, 1.82) is 0 Å². The molecule has 0 amide bonds. The van der Waals surface area contributed by atoms with Crippen LogP contribution in [0.3, 0.4) is 0 Å². The largest absolute Gasteiger partial charge is 0.756 e. The van der Waals surface area contributed by atoms with Crippen LogP contribution in [-0.2, 0) is 32.7 Å². The normalized spacial score (nSPS) is 13.6. The van der Waals surface area contributed by atoms with E-state index in [1.165, 1.54) is 135 Å². The van der Waals surface area contributed by atoms with Gasteiger partial charge < -0.3 is 27.9 Å². The molecule has 1 unspecified atom stereocenters. The molecule has 338 valence electrons. The van der Waals surface area contributed by atoms with Gasteiger partial charge in [-0.05, 0) is 32.1 Å². The fraction of sp³-hybridized carbons (Fsp3) is 0.915. The molecule has 0 aromatic carbocycles. The van der Waals surface area contributed by atoms with Crippen molar-refractivity contribution in [1.82, 2.24) is 0 Å². The number of unbranched alkanes of at least 4 members (excludes halogenated alkanes) is 28. The third kappa shape index (κ3) is 44.1. The Morgan fingerprint density at radius 2 is 0.912 bits per heavy atom. The number of nitrogens with zero attached hydrogens (tertiary/aromatic N) is 1. The highest BCUT2D eigenvalue weighted by Crippen LogP contribution is 2.38. The third-order valence-electron chi connectivity index (χ3n) is 10.5. The van der Waals surface area contributed by atoms with Gasteiger partial charge in [0, 0.05) is 12.8 Å². The molecular weight excluding hydrogens is 737 g/mol. The standard InChI is InChI=1S/C47H92NO8P/c1-6-8-10-12-14-16-18-19-20-21-22-23-24-25-26-27-28-30-31-33-35-37-39-46(49)53-43-45(44-55-57(51,52)54-42-41-48(3,4)5)56-47(50)40-38-36-34-32-29-17-15-13-11-9-7-2/h13,15,45H,6-12,14,16-44H2,1-5H3/b15-13+/t45-/m1/s1. The van der Waals surface area contributed by atoms with Crippen molar-refractivity contribution in [2.75, 3.05) is 47.5 Å². The van der Waals surface area contributed by atoms with Gasteiger partial charge in [0.2, 0.25) is 0 Å². The van der Waals surface area contributed by atoms with E-state index in [4.69, 9.17) is 18.5 Å². The van der Waals surface area contributed by atoms with Crippen LogP contribution >= 0.6 is 7.82 Å². The fourth-order valence-corrected chi connectivity index (χ4v) is 7.48. The van der Waals surface area contributed by atoms with Gasteiger partial charge in [-0.3, -0.25) is 14.2 Å². The molecular formula is C47H92NO8P. The van der Waals surface area contributed by atoms with Gasteiger partial charge in [0.15, 0.2) is 6.10 Å². The van der Waals surface area contributed by atoms with Crippen molar-refractivity contribution in [2.24, 2.45) is 0 Å². The minimum absolute atomic E-state index is 0.0294. The molecule has 0 fully saturated rings. The molecule has 0 aromatic rings. The van der Waals surface area contributed by atoms with E-state index in [9.17, 15) is 19.0 Å². The van der Waals surface area contributed by atoms with Gasteiger partial charge in [0.05, 0.1) is 27.7 Å². The van der Waals surface area contributed by atoms with Crippen LogP contribution in [0, 0.1) is 0 Å². The van der Waals surface area contributed by atoms with Gasteiger partial charge >= 0.3 is 11.9 Å². The second kappa shape index (κ2) is 40.2. The van der Waals surface area contributed by atoms with Gasteiger partial charge in [0.25, 0.3) is 7.82 Å². The van der Waals surface area contributed by atoms with E-state index in [1.807, 2.05) is 21.1 Å². The molecule has 0 aliphatic heterocycles. The smallest absolute Gasteiger partial charge is 0.306 e. The molecule has 10 heteroatoms. The highest BCUT2D eigenvalue weighted by atomic mass is 31.2. The maximum atomic E-state index is 12.6. The van der Waals surface area contributed by atoms with Crippen molar-refractivity contribution in [3.05, 3.63) is 12.2 Å². The van der Waals surface area contributed by atoms with E-state index in [-0.39, 0.29) is 32.0 Å². The van der Waals surface area contributed by atoms with Crippen molar-refractivity contribution in [3.8, 4) is 0 Å². The number of allylic oxidation sites excluding steroid dienone is 2. The Labute approximate surface area is 352 Å². The molecule has 0 N–H and O–H groups in total. The monoisotopic (exact) mass is 830 g/mol. The summed E-state index contributed by atoms with van der Waals surface area (Å²) in [6.45, 7) is 4.21. The number of hydrogen-bond donors (Lipinski definition) is 0. The van der Waals surface area contributed by atoms with E-state index >= 15 is 0 Å². The summed E-state index contributed by atoms with van der Waals surface area (Å²) in [7, 11) is 1.17. The van der Waals surface area contributed by atoms with Crippen molar-refractivity contribution < 1.29 is 42.1 Å². The number of carbonyl (C=O) groups is 2. The first-order valence-electron chi connectivity index (χ1n) is 23.9. The van der Waals surface area contributed by atoms with Crippen LogP contribution in [0.1, 0.15) is 226 Å². The fourth-order valence-electron chi connectivity index (χ4n) is 6.75. The molecule has 0 rings (SSSR count). The number of ether oxygens (including phenoxy) is 2. The van der Waals surface area contributed by atoms with E-state index in [2.05, 4.69) is 26.0 Å². The first-order chi connectivity index (χ1) is 27.5. The van der Waals surface area contributed by atoms with E-state index < -0.39 is 26.5 Å². The number of hydrogen-bond acceptors (Lipinski definition) is 8. The summed E-state index contributed by atoms with van der Waals surface area (Å²) in [4.78, 5) is 37.5. The number of esters is 2. The molecule has 57 heavy (non-hydrogen) atoms. The Morgan fingerprint density at radius 3 is 1.35 bits per heavy atom. The lowest BCUT2D eigenvalue weighted by Crippen LogP contribution is -2.37. The zero-order chi connectivity index (χ0) is 42.1. The third-order valence-corrected chi connectivity index (χ3v) is 11.5. The molecule has 0 radical (unpaired) electrons.